The molecule has 4 amide bonds. The number of rotatable bonds is 6. The maximum Gasteiger partial charge on any atom is 0.325 e. The van der Waals surface area contributed by atoms with Crippen LogP contribution in [0, 0.1) is 5.82 Å². The maximum atomic E-state index is 16.4. The summed E-state index contributed by atoms with van der Waals surface area (Å²) in [5.74, 6) is -0.623. The molecule has 1 aromatic heterocycles. The maximum absolute atomic E-state index is 16.4. The first-order valence-corrected chi connectivity index (χ1v) is 15.8. The Morgan fingerprint density at radius 2 is 1.85 bits per heavy atom. The Bertz CT molecular complexity index is 1860. The summed E-state index contributed by atoms with van der Waals surface area (Å²) in [4.78, 5) is 46.4. The van der Waals surface area contributed by atoms with E-state index in [4.69, 9.17) is 21.3 Å². The normalized spacial score (nSPS) is 21.8. The standard InChI is InChI=1S/C34H34ClFN6O5/c1-40-15-22(32(45)41(2)33(40)46)30(44)37-23-9-5-6-19(28(23)35)20-7-4-8-21(29(20)36)24-14-18-10-11-25(27(18)31(38-24)47-3)42-16-34(17-42)13-12-26(43)39-34/h4-9,14-15,25,32,45H,10-13,16-17H2,1-3H3,(H,37,44)(H,39,43)/t25-,32?/m0/s1. The summed E-state index contributed by atoms with van der Waals surface area (Å²) in [6, 6.07) is 11.4. The van der Waals surface area contributed by atoms with E-state index < -0.39 is 24.0 Å². The number of nitrogens with one attached hydrogen (secondary N) is 2. The molecule has 0 bridgehead atoms. The lowest BCUT2D eigenvalue weighted by Crippen LogP contribution is -2.67. The number of likely N-dealkylation sites (tertiary alicyclic amines) is 1. The molecule has 244 valence electrons. The number of pyridine rings is 1. The predicted octanol–water partition coefficient (Wildman–Crippen LogP) is 4.31. The fourth-order valence-electron chi connectivity index (χ4n) is 7.24. The smallest absolute Gasteiger partial charge is 0.325 e. The van der Waals surface area contributed by atoms with Gasteiger partial charge in [0.15, 0.2) is 6.23 Å². The van der Waals surface area contributed by atoms with E-state index in [1.54, 1.807) is 43.5 Å². The fourth-order valence-corrected chi connectivity index (χ4v) is 7.52. The number of methoxy groups -OCH3 is 1. The van der Waals surface area contributed by atoms with Gasteiger partial charge in [0.05, 0.1) is 34.6 Å². The van der Waals surface area contributed by atoms with Crippen LogP contribution in [0.1, 0.15) is 36.4 Å². The first-order chi connectivity index (χ1) is 22.5. The van der Waals surface area contributed by atoms with Crippen molar-refractivity contribution in [3.63, 3.8) is 0 Å². The second-order valence-electron chi connectivity index (χ2n) is 12.6. The van der Waals surface area contributed by atoms with Crippen LogP contribution >= 0.6 is 11.6 Å². The predicted molar refractivity (Wildman–Crippen MR) is 173 cm³/mol. The molecule has 1 spiro atoms. The third-order valence-corrected chi connectivity index (χ3v) is 10.1. The van der Waals surface area contributed by atoms with E-state index in [9.17, 15) is 19.5 Å². The lowest BCUT2D eigenvalue weighted by Gasteiger charge is -2.50. The Morgan fingerprint density at radius 3 is 2.57 bits per heavy atom. The van der Waals surface area contributed by atoms with Crippen molar-refractivity contribution in [2.75, 3.05) is 39.6 Å². The number of halogens is 2. The molecule has 47 heavy (non-hydrogen) atoms. The van der Waals surface area contributed by atoms with Gasteiger partial charge in [0.1, 0.15) is 5.82 Å². The summed E-state index contributed by atoms with van der Waals surface area (Å²) >= 11 is 6.75. The summed E-state index contributed by atoms with van der Waals surface area (Å²) in [5.41, 5.74) is 3.37. The van der Waals surface area contributed by atoms with Crippen molar-refractivity contribution < 1.29 is 28.6 Å². The van der Waals surface area contributed by atoms with Crippen molar-refractivity contribution in [1.82, 2.24) is 25.0 Å². The van der Waals surface area contributed by atoms with E-state index in [0.717, 1.165) is 48.4 Å². The molecule has 3 aromatic rings. The molecule has 0 saturated carbocycles. The highest BCUT2D eigenvalue weighted by molar-refractivity contribution is 6.36. The summed E-state index contributed by atoms with van der Waals surface area (Å²) < 4.78 is 22.2. The van der Waals surface area contributed by atoms with E-state index >= 15 is 4.39 Å². The number of ether oxygens (including phenoxy) is 1. The Labute approximate surface area is 275 Å². The van der Waals surface area contributed by atoms with Crippen molar-refractivity contribution in [3.05, 3.63) is 76.2 Å². The zero-order valence-corrected chi connectivity index (χ0v) is 26.9. The number of urea groups is 1. The molecule has 4 aliphatic rings. The Morgan fingerprint density at radius 1 is 1.13 bits per heavy atom. The number of anilines is 1. The van der Waals surface area contributed by atoms with Crippen LogP contribution < -0.4 is 15.4 Å². The van der Waals surface area contributed by atoms with Crippen LogP contribution in [-0.2, 0) is 16.0 Å². The number of nitrogens with zero attached hydrogens (tertiary/aromatic N) is 4. The third-order valence-electron chi connectivity index (χ3n) is 9.67. The van der Waals surface area contributed by atoms with Crippen LogP contribution in [0.15, 0.2) is 54.2 Å². The molecule has 11 nitrogen and oxygen atoms in total. The van der Waals surface area contributed by atoms with E-state index in [1.165, 1.54) is 25.2 Å². The molecule has 7 rings (SSSR count). The number of aliphatic hydroxyl groups is 1. The van der Waals surface area contributed by atoms with Gasteiger partial charge in [-0.3, -0.25) is 19.4 Å². The molecule has 2 saturated heterocycles. The molecule has 4 heterocycles. The van der Waals surface area contributed by atoms with Gasteiger partial charge in [-0.1, -0.05) is 35.9 Å². The minimum Gasteiger partial charge on any atom is -0.481 e. The number of aliphatic hydroxyl groups excluding tert-OH is 1. The molecule has 3 aliphatic heterocycles. The first kappa shape index (κ1) is 31.1. The van der Waals surface area contributed by atoms with E-state index in [2.05, 4.69) is 15.5 Å². The molecule has 13 heteroatoms. The minimum atomic E-state index is -1.45. The number of carbonyl (C=O) groups is 3. The van der Waals surface area contributed by atoms with E-state index in [0.29, 0.717) is 23.6 Å². The van der Waals surface area contributed by atoms with Gasteiger partial charge in [0.25, 0.3) is 5.91 Å². The summed E-state index contributed by atoms with van der Waals surface area (Å²) in [5, 5.41) is 16.4. The number of hydrogen-bond acceptors (Lipinski definition) is 7. The molecular weight excluding hydrogens is 627 g/mol. The number of amides is 4. The van der Waals surface area contributed by atoms with Crippen LogP contribution in [-0.4, -0.2) is 88.7 Å². The van der Waals surface area contributed by atoms with Crippen LogP contribution in [0.2, 0.25) is 5.02 Å². The van der Waals surface area contributed by atoms with Crippen molar-refractivity contribution in [2.24, 2.45) is 0 Å². The molecule has 2 aromatic carbocycles. The number of carbonyl (C=O) groups excluding carboxylic acids is 3. The molecule has 1 unspecified atom stereocenters. The third kappa shape index (κ3) is 5.20. The van der Waals surface area contributed by atoms with Gasteiger partial charge in [-0.25, -0.2) is 14.2 Å². The number of likely N-dealkylation sites (N-methyl/N-ethyl adjacent to an activating group) is 1. The average molecular weight is 661 g/mol. The Hall–Kier alpha value is -4.52. The molecule has 1 aliphatic carbocycles. The van der Waals surface area contributed by atoms with Crippen LogP contribution in [0.3, 0.4) is 0 Å². The summed E-state index contributed by atoms with van der Waals surface area (Å²) in [7, 11) is 4.43. The Kier molecular flexibility index (Phi) is 7.69. The highest BCUT2D eigenvalue weighted by Crippen LogP contribution is 2.47. The number of aryl methyl sites for hydroxylation is 1. The van der Waals surface area contributed by atoms with Gasteiger partial charge in [0.2, 0.25) is 11.8 Å². The zero-order chi connectivity index (χ0) is 33.2. The lowest BCUT2D eigenvalue weighted by atomic mass is 9.86. The topological polar surface area (TPSA) is 127 Å². The van der Waals surface area contributed by atoms with Crippen LogP contribution in [0.25, 0.3) is 22.4 Å². The highest BCUT2D eigenvalue weighted by Gasteiger charge is 2.51. The molecule has 0 radical (unpaired) electrons. The molecule has 2 fully saturated rings. The van der Waals surface area contributed by atoms with Gasteiger partial charge < -0.3 is 25.4 Å². The second kappa shape index (κ2) is 11.6. The largest absolute Gasteiger partial charge is 0.481 e. The van der Waals surface area contributed by atoms with Crippen molar-refractivity contribution >= 4 is 35.1 Å². The van der Waals surface area contributed by atoms with E-state index in [1.807, 2.05) is 6.07 Å². The number of aromatic nitrogens is 1. The van der Waals surface area contributed by atoms with Crippen molar-refractivity contribution in [2.45, 2.75) is 43.5 Å². The van der Waals surface area contributed by atoms with Gasteiger partial charge in [-0.15, -0.1) is 0 Å². The van der Waals surface area contributed by atoms with Gasteiger partial charge in [-0.2, -0.15) is 0 Å². The highest BCUT2D eigenvalue weighted by atomic mass is 35.5. The number of hydrogen-bond donors (Lipinski definition) is 3. The van der Waals surface area contributed by atoms with E-state index in [-0.39, 0.29) is 44.9 Å². The number of benzene rings is 2. The number of fused-ring (bicyclic) bond motifs is 1. The van der Waals surface area contributed by atoms with Crippen LogP contribution in [0.5, 0.6) is 5.88 Å². The van der Waals surface area contributed by atoms with Gasteiger partial charge in [-0.05, 0) is 43.0 Å². The van der Waals surface area contributed by atoms with Gasteiger partial charge >= 0.3 is 6.03 Å². The summed E-state index contributed by atoms with van der Waals surface area (Å²) in [6.07, 6.45) is 2.91. The second-order valence-corrected chi connectivity index (χ2v) is 13.0. The van der Waals surface area contributed by atoms with Crippen molar-refractivity contribution in [3.8, 4) is 28.3 Å². The molecule has 3 N–H and O–H groups in total. The quantitative estimate of drug-likeness (QED) is 0.360. The lowest BCUT2D eigenvalue weighted by molar-refractivity contribution is -0.121. The SMILES string of the molecule is COc1nc(-c2cccc(-c3cccc(NC(=O)C4=CN(C)C(=O)N(C)C4O)c3Cl)c2F)cc2c1[C@@H](N1CC3(CCC(=O)N3)C1)CC2. The molecular formula is C34H34ClFN6O5. The van der Waals surface area contributed by atoms with Crippen LogP contribution in [0.4, 0.5) is 14.9 Å². The minimum absolute atomic E-state index is 0.0537. The first-order valence-electron chi connectivity index (χ1n) is 15.4. The average Bonchev–Trinajstić information content (AvgIpc) is 3.65. The fraction of sp³-hybridized carbons (Fsp3) is 0.353. The Balaban J connectivity index is 1.16. The molecule has 2 atom stereocenters. The van der Waals surface area contributed by atoms with Gasteiger partial charge in [0, 0.05) is 68.1 Å². The van der Waals surface area contributed by atoms with Crippen molar-refractivity contribution in [1.29, 1.82) is 0 Å². The summed E-state index contributed by atoms with van der Waals surface area (Å²) in [6.45, 7) is 1.58. The monoisotopic (exact) mass is 660 g/mol. The zero-order valence-electron chi connectivity index (χ0n) is 26.1.